The fourth-order valence-electron chi connectivity index (χ4n) is 4.62. The average Bonchev–Trinajstić information content (AvgIpc) is 3.12. The molecule has 2 aliphatic heterocycles. The molecule has 8 heteroatoms. The fourth-order valence-corrected chi connectivity index (χ4v) is 4.62. The lowest BCUT2D eigenvalue weighted by Gasteiger charge is -2.34. The molecule has 0 radical (unpaired) electrons. The van der Waals surface area contributed by atoms with Gasteiger partial charge in [-0.2, -0.15) is 0 Å². The van der Waals surface area contributed by atoms with E-state index in [1.54, 1.807) is 43.4 Å². The van der Waals surface area contributed by atoms with E-state index < -0.39 is 28.9 Å². The minimum atomic E-state index is -1.79. The standard InChI is InChI=1S/C24H25N3O5/c1-25(2)13-8-14-27-22(31)21(30)19(20(29)15-9-4-7-12-18(15)28)24(27)16-10-5-6-11-17(16)26(3)23(24)32/h4-7,9-12,28-29H,8,13-14H2,1-3H3/b20-19-. The Labute approximate surface area is 186 Å². The van der Waals surface area contributed by atoms with Gasteiger partial charge < -0.3 is 24.9 Å². The average molecular weight is 435 g/mol. The summed E-state index contributed by atoms with van der Waals surface area (Å²) in [6.45, 7) is 0.790. The number of aliphatic hydroxyl groups is 1. The fraction of sp³-hybridized carbons (Fsp3) is 0.292. The summed E-state index contributed by atoms with van der Waals surface area (Å²) in [6.07, 6.45) is 0.525. The molecule has 2 aromatic rings. The van der Waals surface area contributed by atoms with Crippen molar-refractivity contribution >= 4 is 29.0 Å². The van der Waals surface area contributed by atoms with Gasteiger partial charge >= 0.3 is 0 Å². The first kappa shape index (κ1) is 21.6. The normalized spacial score (nSPS) is 21.8. The predicted molar refractivity (Wildman–Crippen MR) is 119 cm³/mol. The van der Waals surface area contributed by atoms with Crippen LogP contribution < -0.4 is 4.90 Å². The third-order valence-electron chi connectivity index (χ3n) is 6.09. The molecule has 2 aromatic carbocycles. The van der Waals surface area contributed by atoms with E-state index in [0.717, 1.165) is 0 Å². The molecule has 0 aromatic heterocycles. The lowest BCUT2D eigenvalue weighted by molar-refractivity contribution is -0.143. The molecule has 1 unspecified atom stereocenters. The molecule has 1 spiro atoms. The van der Waals surface area contributed by atoms with Gasteiger partial charge in [-0.15, -0.1) is 0 Å². The Morgan fingerprint density at radius 1 is 1.03 bits per heavy atom. The van der Waals surface area contributed by atoms with Gasteiger partial charge in [0.25, 0.3) is 17.6 Å². The molecule has 166 valence electrons. The molecule has 0 saturated carbocycles. The Hall–Kier alpha value is -3.65. The topological polar surface area (TPSA) is 101 Å². The van der Waals surface area contributed by atoms with Crippen LogP contribution in [-0.2, 0) is 19.9 Å². The van der Waals surface area contributed by atoms with Crippen molar-refractivity contribution in [2.24, 2.45) is 0 Å². The van der Waals surface area contributed by atoms with Crippen LogP contribution in [0.4, 0.5) is 5.69 Å². The van der Waals surface area contributed by atoms with Gasteiger partial charge in [0.1, 0.15) is 11.5 Å². The number of benzene rings is 2. The Morgan fingerprint density at radius 2 is 1.69 bits per heavy atom. The number of likely N-dealkylation sites (N-methyl/N-ethyl adjacent to an activating group) is 1. The number of phenolic OH excluding ortho intramolecular Hbond substituents is 1. The number of para-hydroxylation sites is 2. The van der Waals surface area contributed by atoms with Crippen molar-refractivity contribution in [3.8, 4) is 5.75 Å². The SMILES string of the molecule is CN(C)CCCN1C(=O)C(=O)/C(=C(/O)c2ccccc2O)C12C(=O)N(C)c1ccccc12. The van der Waals surface area contributed by atoms with Gasteiger partial charge in [-0.3, -0.25) is 14.4 Å². The molecule has 0 bridgehead atoms. The number of hydrogen-bond acceptors (Lipinski definition) is 6. The Bertz CT molecular complexity index is 1160. The summed E-state index contributed by atoms with van der Waals surface area (Å²) in [7, 11) is 5.37. The first-order chi connectivity index (χ1) is 15.2. The van der Waals surface area contributed by atoms with E-state index in [2.05, 4.69) is 0 Å². The number of anilines is 1. The lowest BCUT2D eigenvalue weighted by Crippen LogP contribution is -2.51. The largest absolute Gasteiger partial charge is 0.507 e. The highest BCUT2D eigenvalue weighted by Gasteiger charge is 2.66. The van der Waals surface area contributed by atoms with E-state index in [1.807, 2.05) is 19.0 Å². The highest BCUT2D eigenvalue weighted by atomic mass is 16.3. The van der Waals surface area contributed by atoms with Gasteiger partial charge in [0, 0.05) is 24.8 Å². The quantitative estimate of drug-likeness (QED) is 0.423. The molecule has 32 heavy (non-hydrogen) atoms. The van der Waals surface area contributed by atoms with Crippen molar-refractivity contribution in [1.82, 2.24) is 9.80 Å². The van der Waals surface area contributed by atoms with Gasteiger partial charge in [-0.05, 0) is 45.3 Å². The zero-order valence-corrected chi connectivity index (χ0v) is 18.2. The summed E-state index contributed by atoms with van der Waals surface area (Å²) in [6, 6.07) is 12.9. The maximum Gasteiger partial charge on any atom is 0.296 e. The zero-order chi connectivity index (χ0) is 23.2. The number of carbonyl (C=O) groups is 3. The second-order valence-electron chi connectivity index (χ2n) is 8.28. The van der Waals surface area contributed by atoms with Crippen molar-refractivity contribution in [1.29, 1.82) is 0 Å². The Kier molecular flexibility index (Phi) is 5.26. The number of carbonyl (C=O) groups excluding carboxylic acids is 3. The monoisotopic (exact) mass is 435 g/mol. The molecule has 4 rings (SSSR count). The van der Waals surface area contributed by atoms with E-state index in [4.69, 9.17) is 0 Å². The molecule has 2 aliphatic rings. The lowest BCUT2D eigenvalue weighted by atomic mass is 9.81. The van der Waals surface area contributed by atoms with Crippen LogP contribution in [0.2, 0.25) is 0 Å². The molecule has 2 amide bonds. The molecule has 1 fully saturated rings. The summed E-state index contributed by atoms with van der Waals surface area (Å²) in [4.78, 5) is 44.9. The van der Waals surface area contributed by atoms with Crippen LogP contribution in [0.3, 0.4) is 0 Å². The number of fused-ring (bicyclic) bond motifs is 2. The summed E-state index contributed by atoms with van der Waals surface area (Å²) >= 11 is 0. The first-order valence-electron chi connectivity index (χ1n) is 10.3. The number of amides is 2. The molecule has 2 heterocycles. The first-order valence-corrected chi connectivity index (χ1v) is 10.3. The van der Waals surface area contributed by atoms with E-state index in [1.165, 1.54) is 21.9 Å². The molecular weight excluding hydrogens is 410 g/mol. The van der Waals surface area contributed by atoms with Crippen molar-refractivity contribution < 1.29 is 24.6 Å². The molecule has 8 nitrogen and oxygen atoms in total. The predicted octanol–water partition coefficient (Wildman–Crippen LogP) is 1.90. The van der Waals surface area contributed by atoms with Gasteiger partial charge in [0.15, 0.2) is 5.54 Å². The number of aromatic hydroxyl groups is 1. The van der Waals surface area contributed by atoms with Gasteiger partial charge in [-0.25, -0.2) is 0 Å². The van der Waals surface area contributed by atoms with Crippen LogP contribution in [0.5, 0.6) is 5.75 Å². The van der Waals surface area contributed by atoms with Crippen LogP contribution >= 0.6 is 0 Å². The van der Waals surface area contributed by atoms with Crippen LogP contribution in [0.25, 0.3) is 5.76 Å². The number of likely N-dealkylation sites (tertiary alicyclic amines) is 1. The number of phenols is 1. The number of nitrogens with zero attached hydrogens (tertiary/aromatic N) is 3. The van der Waals surface area contributed by atoms with Crippen LogP contribution in [-0.4, -0.2) is 71.8 Å². The number of ketones is 1. The molecule has 1 saturated heterocycles. The second kappa shape index (κ2) is 7.80. The summed E-state index contributed by atoms with van der Waals surface area (Å²) in [5.74, 6) is -3.13. The van der Waals surface area contributed by atoms with Crippen LogP contribution in [0.1, 0.15) is 17.5 Å². The van der Waals surface area contributed by atoms with Gasteiger partial charge in [0.2, 0.25) is 0 Å². The van der Waals surface area contributed by atoms with E-state index in [0.29, 0.717) is 24.2 Å². The summed E-state index contributed by atoms with van der Waals surface area (Å²) in [5.41, 5.74) is -1.12. The van der Waals surface area contributed by atoms with E-state index in [-0.39, 0.29) is 23.4 Å². The number of aliphatic hydroxyl groups excluding tert-OH is 1. The highest BCUT2D eigenvalue weighted by molar-refractivity contribution is 6.50. The van der Waals surface area contributed by atoms with Crippen LogP contribution in [0.15, 0.2) is 54.1 Å². The maximum atomic E-state index is 13.8. The minimum absolute atomic E-state index is 0.0157. The van der Waals surface area contributed by atoms with Crippen molar-refractivity contribution in [2.75, 3.05) is 39.1 Å². The molecule has 0 aliphatic carbocycles. The van der Waals surface area contributed by atoms with Gasteiger partial charge in [-0.1, -0.05) is 30.3 Å². The smallest absolute Gasteiger partial charge is 0.296 e. The Balaban J connectivity index is 2.01. The summed E-state index contributed by atoms with van der Waals surface area (Å²) in [5, 5.41) is 21.5. The van der Waals surface area contributed by atoms with Gasteiger partial charge in [0.05, 0.1) is 11.1 Å². The molecule has 2 N–H and O–H groups in total. The zero-order valence-electron chi connectivity index (χ0n) is 18.2. The van der Waals surface area contributed by atoms with Crippen molar-refractivity contribution in [3.63, 3.8) is 0 Å². The van der Waals surface area contributed by atoms with E-state index in [9.17, 15) is 24.6 Å². The Morgan fingerprint density at radius 3 is 2.38 bits per heavy atom. The third kappa shape index (κ3) is 2.90. The van der Waals surface area contributed by atoms with E-state index >= 15 is 0 Å². The summed E-state index contributed by atoms with van der Waals surface area (Å²) < 4.78 is 0. The second-order valence-corrected chi connectivity index (χ2v) is 8.28. The minimum Gasteiger partial charge on any atom is -0.507 e. The third-order valence-corrected chi connectivity index (χ3v) is 6.09. The number of rotatable bonds is 5. The van der Waals surface area contributed by atoms with Crippen molar-refractivity contribution in [3.05, 3.63) is 65.2 Å². The van der Waals surface area contributed by atoms with Crippen LogP contribution in [0, 0.1) is 0 Å². The number of hydrogen-bond donors (Lipinski definition) is 2. The molecular formula is C24H25N3O5. The molecule has 1 atom stereocenters. The highest BCUT2D eigenvalue weighted by Crippen LogP contribution is 2.53. The maximum absolute atomic E-state index is 13.8. The number of Topliss-reactive ketones (excluding diaryl/α,β-unsaturated/α-hetero) is 1. The van der Waals surface area contributed by atoms with Crippen molar-refractivity contribution in [2.45, 2.75) is 12.0 Å².